The number of carbonyl (C=O) groups excluding carboxylic acids is 3. The minimum Gasteiger partial charge on any atom is -0.454 e. The van der Waals surface area contributed by atoms with E-state index in [4.69, 9.17) is 4.74 Å². The summed E-state index contributed by atoms with van der Waals surface area (Å²) in [6, 6.07) is 17.3. The first kappa shape index (κ1) is 21.6. The summed E-state index contributed by atoms with van der Waals surface area (Å²) in [5.41, 5.74) is 1.35. The second-order valence-corrected chi connectivity index (χ2v) is 7.59. The van der Waals surface area contributed by atoms with Crippen LogP contribution < -0.4 is 10.6 Å². The summed E-state index contributed by atoms with van der Waals surface area (Å²) in [7, 11) is 0. The second kappa shape index (κ2) is 11.1. The molecule has 2 amide bonds. The van der Waals surface area contributed by atoms with E-state index >= 15 is 0 Å². The van der Waals surface area contributed by atoms with Crippen LogP contribution in [0.2, 0.25) is 0 Å². The molecule has 0 bridgehead atoms. The van der Waals surface area contributed by atoms with Crippen LogP contribution in [0.15, 0.2) is 60.7 Å². The zero-order valence-corrected chi connectivity index (χ0v) is 17.0. The molecule has 158 valence electrons. The maximum Gasteiger partial charge on any atom is 0.329 e. The summed E-state index contributed by atoms with van der Waals surface area (Å²) >= 11 is 0. The van der Waals surface area contributed by atoms with Gasteiger partial charge in [-0.1, -0.05) is 67.8 Å². The lowest BCUT2D eigenvalue weighted by Crippen LogP contribution is -2.45. The van der Waals surface area contributed by atoms with Crippen molar-refractivity contribution in [1.29, 1.82) is 0 Å². The predicted octanol–water partition coefficient (Wildman–Crippen LogP) is 3.02. The Hall–Kier alpha value is -3.15. The second-order valence-electron chi connectivity index (χ2n) is 7.59. The topological polar surface area (TPSA) is 84.5 Å². The number of hydrogen-bond donors (Lipinski definition) is 2. The number of esters is 1. The molecule has 2 aromatic carbocycles. The molecule has 6 heteroatoms. The zero-order chi connectivity index (χ0) is 21.2. The Bertz CT molecular complexity index is 833. The van der Waals surface area contributed by atoms with E-state index in [0.717, 1.165) is 31.2 Å². The van der Waals surface area contributed by atoms with E-state index in [1.54, 1.807) is 24.3 Å². The van der Waals surface area contributed by atoms with Crippen molar-refractivity contribution in [2.75, 3.05) is 6.61 Å². The number of rotatable bonds is 8. The van der Waals surface area contributed by atoms with Crippen molar-refractivity contribution in [3.05, 3.63) is 71.8 Å². The smallest absolute Gasteiger partial charge is 0.329 e. The van der Waals surface area contributed by atoms with E-state index < -0.39 is 12.0 Å². The molecule has 0 aliphatic heterocycles. The molecule has 1 saturated carbocycles. The fourth-order valence-corrected chi connectivity index (χ4v) is 3.63. The number of benzene rings is 2. The minimum atomic E-state index is -0.886. The number of hydrogen-bond acceptors (Lipinski definition) is 4. The van der Waals surface area contributed by atoms with Gasteiger partial charge in [-0.15, -0.1) is 0 Å². The van der Waals surface area contributed by atoms with Gasteiger partial charge in [-0.25, -0.2) is 4.79 Å². The van der Waals surface area contributed by atoms with Gasteiger partial charge in [0.15, 0.2) is 6.61 Å². The molecule has 0 saturated heterocycles. The van der Waals surface area contributed by atoms with Crippen LogP contribution in [0.5, 0.6) is 0 Å². The third-order valence-corrected chi connectivity index (χ3v) is 5.22. The highest BCUT2D eigenvalue weighted by atomic mass is 16.5. The van der Waals surface area contributed by atoms with E-state index in [1.807, 2.05) is 36.4 Å². The molecular weight excluding hydrogens is 380 g/mol. The van der Waals surface area contributed by atoms with Crippen molar-refractivity contribution in [1.82, 2.24) is 10.6 Å². The fraction of sp³-hybridized carbons (Fsp3) is 0.375. The van der Waals surface area contributed by atoms with Gasteiger partial charge >= 0.3 is 5.97 Å². The van der Waals surface area contributed by atoms with Gasteiger partial charge in [-0.3, -0.25) is 9.59 Å². The molecule has 30 heavy (non-hydrogen) atoms. The van der Waals surface area contributed by atoms with Gasteiger partial charge in [0, 0.05) is 18.0 Å². The van der Waals surface area contributed by atoms with Crippen LogP contribution in [-0.2, 0) is 20.7 Å². The summed E-state index contributed by atoms with van der Waals surface area (Å²) in [4.78, 5) is 37.4. The van der Waals surface area contributed by atoms with Gasteiger partial charge in [0.25, 0.3) is 11.8 Å². The lowest BCUT2D eigenvalue weighted by molar-refractivity contribution is -0.150. The summed E-state index contributed by atoms with van der Waals surface area (Å²) in [6.07, 6.45) is 5.61. The number of nitrogens with one attached hydrogen (secondary N) is 2. The molecule has 3 rings (SSSR count). The Morgan fingerprint density at radius 1 is 0.900 bits per heavy atom. The van der Waals surface area contributed by atoms with Crippen LogP contribution in [0.3, 0.4) is 0 Å². The van der Waals surface area contributed by atoms with Crippen LogP contribution in [0, 0.1) is 0 Å². The normalized spacial score (nSPS) is 15.1. The molecule has 0 radical (unpaired) electrons. The summed E-state index contributed by atoms with van der Waals surface area (Å²) in [6.45, 7) is -0.345. The molecule has 1 fully saturated rings. The third-order valence-electron chi connectivity index (χ3n) is 5.22. The molecule has 1 aliphatic rings. The highest BCUT2D eigenvalue weighted by Crippen LogP contribution is 2.17. The highest BCUT2D eigenvalue weighted by molar-refractivity contribution is 5.97. The van der Waals surface area contributed by atoms with Gasteiger partial charge < -0.3 is 15.4 Å². The summed E-state index contributed by atoms with van der Waals surface area (Å²) < 4.78 is 5.25. The van der Waals surface area contributed by atoms with E-state index in [9.17, 15) is 14.4 Å². The SMILES string of the molecule is O=C(COC(=O)[C@@H](Cc1ccccc1)NC(=O)c1ccccc1)NC1CCCCC1. The molecule has 1 atom stereocenters. The van der Waals surface area contributed by atoms with Crippen LogP contribution >= 0.6 is 0 Å². The maximum absolute atomic E-state index is 12.7. The van der Waals surface area contributed by atoms with Gasteiger partial charge in [-0.2, -0.15) is 0 Å². The van der Waals surface area contributed by atoms with Gasteiger partial charge in [0.05, 0.1) is 0 Å². The standard InChI is InChI=1S/C24H28N2O4/c27-22(25-20-14-8-3-9-15-20)17-30-24(29)21(16-18-10-4-1-5-11-18)26-23(28)19-12-6-2-7-13-19/h1-2,4-7,10-13,20-21H,3,8-9,14-17H2,(H,25,27)(H,26,28)/t21-/m1/s1. The number of amides is 2. The Labute approximate surface area is 177 Å². The fourth-order valence-electron chi connectivity index (χ4n) is 3.63. The highest BCUT2D eigenvalue weighted by Gasteiger charge is 2.25. The number of carbonyl (C=O) groups is 3. The molecule has 0 heterocycles. The van der Waals surface area contributed by atoms with Crippen molar-refractivity contribution in [2.24, 2.45) is 0 Å². The third kappa shape index (κ3) is 6.72. The van der Waals surface area contributed by atoms with Crippen molar-refractivity contribution in [2.45, 2.75) is 50.6 Å². The van der Waals surface area contributed by atoms with Crippen molar-refractivity contribution in [3.63, 3.8) is 0 Å². The van der Waals surface area contributed by atoms with Crippen molar-refractivity contribution < 1.29 is 19.1 Å². The molecule has 1 aliphatic carbocycles. The van der Waals surface area contributed by atoms with Crippen molar-refractivity contribution >= 4 is 17.8 Å². The van der Waals surface area contributed by atoms with Gasteiger partial charge in [0.2, 0.25) is 0 Å². The molecule has 6 nitrogen and oxygen atoms in total. The lowest BCUT2D eigenvalue weighted by atomic mass is 9.95. The van der Waals surface area contributed by atoms with E-state index in [2.05, 4.69) is 10.6 Å². The average Bonchev–Trinajstić information content (AvgIpc) is 2.79. The quantitative estimate of drug-likeness (QED) is 0.658. The number of ether oxygens (including phenoxy) is 1. The molecule has 2 N–H and O–H groups in total. The molecule has 0 spiro atoms. The van der Waals surface area contributed by atoms with E-state index in [0.29, 0.717) is 5.56 Å². The Balaban J connectivity index is 1.59. The largest absolute Gasteiger partial charge is 0.454 e. The molecule has 2 aromatic rings. The average molecular weight is 408 g/mol. The molecular formula is C24H28N2O4. The van der Waals surface area contributed by atoms with E-state index in [-0.39, 0.29) is 30.9 Å². The Morgan fingerprint density at radius 3 is 2.20 bits per heavy atom. The lowest BCUT2D eigenvalue weighted by Gasteiger charge is -2.23. The predicted molar refractivity (Wildman–Crippen MR) is 114 cm³/mol. The first-order valence-electron chi connectivity index (χ1n) is 10.5. The van der Waals surface area contributed by atoms with Crippen molar-refractivity contribution in [3.8, 4) is 0 Å². The first-order chi connectivity index (χ1) is 14.6. The van der Waals surface area contributed by atoms with Crippen LogP contribution in [-0.4, -0.2) is 36.5 Å². The molecule has 0 aromatic heterocycles. The molecule has 0 unspecified atom stereocenters. The van der Waals surface area contributed by atoms with Crippen LogP contribution in [0.25, 0.3) is 0 Å². The van der Waals surface area contributed by atoms with Gasteiger partial charge in [-0.05, 0) is 30.5 Å². The monoisotopic (exact) mass is 408 g/mol. The van der Waals surface area contributed by atoms with Crippen LogP contribution in [0.1, 0.15) is 48.0 Å². The van der Waals surface area contributed by atoms with Crippen LogP contribution in [0.4, 0.5) is 0 Å². The van der Waals surface area contributed by atoms with Gasteiger partial charge in [0.1, 0.15) is 6.04 Å². The first-order valence-corrected chi connectivity index (χ1v) is 10.5. The Kier molecular flexibility index (Phi) is 8.01. The van der Waals surface area contributed by atoms with E-state index in [1.165, 1.54) is 6.42 Å². The Morgan fingerprint density at radius 2 is 1.53 bits per heavy atom. The summed E-state index contributed by atoms with van der Waals surface area (Å²) in [5.74, 6) is -1.29. The summed E-state index contributed by atoms with van der Waals surface area (Å²) in [5, 5.41) is 5.67. The maximum atomic E-state index is 12.7. The minimum absolute atomic E-state index is 0.155. The zero-order valence-electron chi connectivity index (χ0n) is 17.0.